The van der Waals surface area contributed by atoms with E-state index < -0.39 is 7.82 Å². The Hall–Kier alpha value is 0.0700. The van der Waals surface area contributed by atoms with Crippen LogP contribution in [0, 0.1) is 5.92 Å². The molecule has 5 nitrogen and oxygen atoms in total. The van der Waals surface area contributed by atoms with Crippen LogP contribution in [0.3, 0.4) is 0 Å². The van der Waals surface area contributed by atoms with E-state index in [4.69, 9.17) is 14.2 Å². The Morgan fingerprint density at radius 3 is 2.36 bits per heavy atom. The Morgan fingerprint density at radius 1 is 1.29 bits per heavy atom. The highest BCUT2D eigenvalue weighted by Gasteiger charge is 2.21. The molecular weight excluding hydrogens is 207 g/mol. The molecule has 0 rings (SSSR count). The minimum Gasteiger partial charge on any atom is -0.384 e. The van der Waals surface area contributed by atoms with Crippen LogP contribution in [0.4, 0.5) is 0 Å². The Morgan fingerprint density at radius 2 is 1.93 bits per heavy atom. The van der Waals surface area contributed by atoms with Crippen molar-refractivity contribution >= 4 is 7.82 Å². The maximum atomic E-state index is 11.1. The maximum Gasteiger partial charge on any atom is 0.472 e. The van der Waals surface area contributed by atoms with Crippen molar-refractivity contribution in [2.75, 3.05) is 26.9 Å². The quantitative estimate of drug-likeness (QED) is 0.639. The van der Waals surface area contributed by atoms with Crippen molar-refractivity contribution in [1.29, 1.82) is 0 Å². The SMILES string of the molecule is CCOP(=O)(O)OCC(CC)COC. The molecule has 86 valence electrons. The van der Waals surface area contributed by atoms with Crippen LogP contribution in [-0.2, 0) is 18.3 Å². The number of hydrogen-bond acceptors (Lipinski definition) is 4. The van der Waals surface area contributed by atoms with Crippen molar-refractivity contribution < 1.29 is 23.2 Å². The number of rotatable bonds is 8. The highest BCUT2D eigenvalue weighted by atomic mass is 31.2. The Bertz CT molecular complexity index is 185. The van der Waals surface area contributed by atoms with Crippen LogP contribution < -0.4 is 0 Å². The summed E-state index contributed by atoms with van der Waals surface area (Å²) in [5.41, 5.74) is 0. The largest absolute Gasteiger partial charge is 0.472 e. The summed E-state index contributed by atoms with van der Waals surface area (Å²) in [5.74, 6) is 0.126. The molecule has 0 radical (unpaired) electrons. The van der Waals surface area contributed by atoms with E-state index in [1.165, 1.54) is 0 Å². The van der Waals surface area contributed by atoms with Gasteiger partial charge in [-0.15, -0.1) is 0 Å². The molecule has 0 aliphatic carbocycles. The zero-order valence-corrected chi connectivity index (χ0v) is 9.83. The fourth-order valence-corrected chi connectivity index (χ4v) is 1.72. The summed E-state index contributed by atoms with van der Waals surface area (Å²) in [6, 6.07) is 0. The van der Waals surface area contributed by atoms with Crippen molar-refractivity contribution in [2.45, 2.75) is 20.3 Å². The molecule has 0 saturated heterocycles. The van der Waals surface area contributed by atoms with Gasteiger partial charge in [0.25, 0.3) is 0 Å². The van der Waals surface area contributed by atoms with E-state index >= 15 is 0 Å². The van der Waals surface area contributed by atoms with Crippen LogP contribution in [0.1, 0.15) is 20.3 Å². The molecule has 0 aliphatic rings. The first-order chi connectivity index (χ1) is 6.55. The second-order valence-corrected chi connectivity index (χ2v) is 4.37. The second kappa shape index (κ2) is 7.37. The predicted octanol–water partition coefficient (Wildman–Crippen LogP) is 1.81. The number of methoxy groups -OCH3 is 1. The molecular formula is C8H19O5P. The Labute approximate surface area is 85.0 Å². The third-order valence-corrected chi connectivity index (χ3v) is 2.81. The van der Waals surface area contributed by atoms with Crippen LogP contribution in [0.2, 0.25) is 0 Å². The molecule has 14 heavy (non-hydrogen) atoms. The van der Waals surface area contributed by atoms with E-state index in [0.29, 0.717) is 6.61 Å². The highest BCUT2D eigenvalue weighted by molar-refractivity contribution is 7.47. The lowest BCUT2D eigenvalue weighted by molar-refractivity contribution is 0.0893. The van der Waals surface area contributed by atoms with Gasteiger partial charge in [0.15, 0.2) is 0 Å². The van der Waals surface area contributed by atoms with Gasteiger partial charge in [0.2, 0.25) is 0 Å². The molecule has 6 heteroatoms. The topological polar surface area (TPSA) is 65.0 Å². The molecule has 0 aromatic rings. The maximum absolute atomic E-state index is 11.1. The van der Waals surface area contributed by atoms with E-state index in [-0.39, 0.29) is 19.1 Å². The van der Waals surface area contributed by atoms with E-state index in [0.717, 1.165) is 6.42 Å². The Balaban J connectivity index is 3.83. The molecule has 0 amide bonds. The number of ether oxygens (including phenoxy) is 1. The molecule has 2 atom stereocenters. The lowest BCUT2D eigenvalue weighted by Gasteiger charge is -2.16. The van der Waals surface area contributed by atoms with Gasteiger partial charge in [0, 0.05) is 13.0 Å². The fraction of sp³-hybridized carbons (Fsp3) is 1.00. The number of phosphoric acid groups is 1. The number of phosphoric ester groups is 1. The van der Waals surface area contributed by atoms with Gasteiger partial charge in [-0.1, -0.05) is 6.92 Å². The summed E-state index contributed by atoms with van der Waals surface area (Å²) in [4.78, 5) is 9.10. The van der Waals surface area contributed by atoms with Crippen molar-refractivity contribution in [3.05, 3.63) is 0 Å². The van der Waals surface area contributed by atoms with E-state index in [9.17, 15) is 4.57 Å². The molecule has 0 aromatic heterocycles. The van der Waals surface area contributed by atoms with Gasteiger partial charge in [-0.25, -0.2) is 4.57 Å². The molecule has 0 bridgehead atoms. The van der Waals surface area contributed by atoms with E-state index in [1.807, 2.05) is 6.92 Å². The van der Waals surface area contributed by atoms with Gasteiger partial charge >= 0.3 is 7.82 Å². The normalized spacial score (nSPS) is 17.7. The molecule has 0 heterocycles. The average Bonchev–Trinajstić information content (AvgIpc) is 2.12. The van der Waals surface area contributed by atoms with Crippen molar-refractivity contribution in [2.24, 2.45) is 5.92 Å². The molecule has 0 aromatic carbocycles. The standard InChI is InChI=1S/C8H19O5P/c1-4-8(6-11-3)7-13-14(9,10)12-5-2/h8H,4-7H2,1-3H3,(H,9,10). The summed E-state index contributed by atoms with van der Waals surface area (Å²) < 4.78 is 25.4. The first-order valence-electron chi connectivity index (χ1n) is 4.66. The van der Waals surface area contributed by atoms with Crippen molar-refractivity contribution in [3.8, 4) is 0 Å². The molecule has 0 aliphatic heterocycles. The summed E-state index contributed by atoms with van der Waals surface area (Å²) >= 11 is 0. The van der Waals surface area contributed by atoms with Crippen LogP contribution >= 0.6 is 7.82 Å². The van der Waals surface area contributed by atoms with Crippen molar-refractivity contribution in [3.63, 3.8) is 0 Å². The molecule has 0 fully saturated rings. The van der Waals surface area contributed by atoms with Crippen molar-refractivity contribution in [1.82, 2.24) is 0 Å². The minimum atomic E-state index is -3.84. The molecule has 0 saturated carbocycles. The third kappa shape index (κ3) is 6.51. The van der Waals surface area contributed by atoms with Crippen LogP contribution in [0.25, 0.3) is 0 Å². The van der Waals surface area contributed by atoms with Gasteiger partial charge in [-0.2, -0.15) is 0 Å². The molecule has 1 N–H and O–H groups in total. The highest BCUT2D eigenvalue weighted by Crippen LogP contribution is 2.43. The predicted molar refractivity (Wildman–Crippen MR) is 53.1 cm³/mol. The van der Waals surface area contributed by atoms with Crippen LogP contribution in [0.5, 0.6) is 0 Å². The zero-order chi connectivity index (χ0) is 11.0. The Kier molecular flexibility index (Phi) is 7.41. The average molecular weight is 226 g/mol. The second-order valence-electron chi connectivity index (χ2n) is 2.91. The molecule has 2 unspecified atom stereocenters. The van der Waals surface area contributed by atoms with Gasteiger partial charge in [0.1, 0.15) is 0 Å². The smallest absolute Gasteiger partial charge is 0.384 e. The summed E-state index contributed by atoms with van der Waals surface area (Å²) in [6.45, 7) is 4.46. The van der Waals surface area contributed by atoms with E-state index in [2.05, 4.69) is 4.52 Å². The zero-order valence-electron chi connectivity index (χ0n) is 8.93. The number of hydrogen-bond donors (Lipinski definition) is 1. The van der Waals surface area contributed by atoms with Crippen LogP contribution in [0.15, 0.2) is 0 Å². The van der Waals surface area contributed by atoms with E-state index in [1.54, 1.807) is 14.0 Å². The lowest BCUT2D eigenvalue weighted by Crippen LogP contribution is -2.14. The van der Waals surface area contributed by atoms with Crippen LogP contribution in [-0.4, -0.2) is 31.8 Å². The molecule has 0 spiro atoms. The third-order valence-electron chi connectivity index (χ3n) is 1.75. The lowest BCUT2D eigenvalue weighted by atomic mass is 10.1. The summed E-state index contributed by atoms with van der Waals surface area (Å²) in [7, 11) is -2.25. The summed E-state index contributed by atoms with van der Waals surface area (Å²) in [5, 5.41) is 0. The van der Waals surface area contributed by atoms with Gasteiger partial charge in [-0.3, -0.25) is 9.05 Å². The van der Waals surface area contributed by atoms with Gasteiger partial charge < -0.3 is 9.63 Å². The first-order valence-corrected chi connectivity index (χ1v) is 6.16. The van der Waals surface area contributed by atoms with Gasteiger partial charge in [-0.05, 0) is 13.3 Å². The first kappa shape index (κ1) is 14.1. The minimum absolute atomic E-state index is 0.126. The fourth-order valence-electron chi connectivity index (χ4n) is 0.920. The monoisotopic (exact) mass is 226 g/mol. The summed E-state index contributed by atoms with van der Waals surface area (Å²) in [6.07, 6.45) is 0.833. The van der Waals surface area contributed by atoms with Gasteiger partial charge in [0.05, 0.1) is 19.8 Å².